The van der Waals surface area contributed by atoms with E-state index >= 15 is 0 Å². The molecule has 0 radical (unpaired) electrons. The molecule has 0 saturated heterocycles. The van der Waals surface area contributed by atoms with Gasteiger partial charge in [-0.1, -0.05) is 26.7 Å². The van der Waals surface area contributed by atoms with E-state index in [-0.39, 0.29) is 0 Å². The van der Waals surface area contributed by atoms with Crippen molar-refractivity contribution in [2.24, 2.45) is 0 Å². The molecule has 1 saturated carbocycles. The monoisotopic (exact) mass is 234 g/mol. The highest BCUT2D eigenvalue weighted by Gasteiger charge is 2.16. The molecule has 0 bridgehead atoms. The molecule has 0 aromatic carbocycles. The molecule has 1 heterocycles. The second-order valence-electron chi connectivity index (χ2n) is 5.03. The van der Waals surface area contributed by atoms with Crippen LogP contribution in [0.3, 0.4) is 0 Å². The maximum Gasteiger partial charge on any atom is 0.135 e. The highest BCUT2D eigenvalue weighted by Crippen LogP contribution is 2.23. The van der Waals surface area contributed by atoms with Gasteiger partial charge < -0.3 is 10.6 Å². The smallest absolute Gasteiger partial charge is 0.135 e. The summed E-state index contributed by atoms with van der Waals surface area (Å²) >= 11 is 0. The molecule has 17 heavy (non-hydrogen) atoms. The third-order valence-electron chi connectivity index (χ3n) is 3.22. The molecule has 2 rings (SSSR count). The van der Waals surface area contributed by atoms with Gasteiger partial charge in [-0.2, -0.15) is 0 Å². The maximum atomic E-state index is 4.58. The summed E-state index contributed by atoms with van der Waals surface area (Å²) in [6.45, 7) is 4.24. The summed E-state index contributed by atoms with van der Waals surface area (Å²) in [6.07, 6.45) is 5.18. The Morgan fingerprint density at radius 3 is 2.41 bits per heavy atom. The Morgan fingerprint density at radius 1 is 1.18 bits per heavy atom. The number of hydrogen-bond donors (Lipinski definition) is 2. The zero-order valence-electron chi connectivity index (χ0n) is 11.0. The van der Waals surface area contributed by atoms with E-state index in [0.29, 0.717) is 12.0 Å². The van der Waals surface area contributed by atoms with Crippen LogP contribution in [0.4, 0.5) is 11.6 Å². The van der Waals surface area contributed by atoms with Crippen molar-refractivity contribution >= 4 is 11.6 Å². The molecule has 4 heteroatoms. The lowest BCUT2D eigenvalue weighted by Crippen LogP contribution is -2.17. The Kier molecular flexibility index (Phi) is 3.82. The van der Waals surface area contributed by atoms with Crippen LogP contribution < -0.4 is 10.6 Å². The van der Waals surface area contributed by atoms with E-state index in [1.54, 1.807) is 0 Å². The van der Waals surface area contributed by atoms with E-state index in [9.17, 15) is 0 Å². The van der Waals surface area contributed by atoms with E-state index in [0.717, 1.165) is 17.5 Å². The number of rotatable bonds is 4. The Balaban J connectivity index is 2.16. The van der Waals surface area contributed by atoms with Gasteiger partial charge in [0.25, 0.3) is 0 Å². The summed E-state index contributed by atoms with van der Waals surface area (Å²) in [5, 5.41) is 6.62. The molecule has 0 amide bonds. The Bertz CT molecular complexity index is 370. The molecule has 0 unspecified atom stereocenters. The van der Waals surface area contributed by atoms with E-state index in [1.807, 2.05) is 13.1 Å². The molecule has 2 N–H and O–H groups in total. The molecule has 1 aliphatic rings. The maximum absolute atomic E-state index is 4.58. The van der Waals surface area contributed by atoms with Gasteiger partial charge in [-0.15, -0.1) is 0 Å². The predicted octanol–water partition coefficient (Wildman–Crippen LogP) is 3.00. The first-order valence-corrected chi connectivity index (χ1v) is 6.52. The van der Waals surface area contributed by atoms with E-state index < -0.39 is 0 Å². The summed E-state index contributed by atoms with van der Waals surface area (Å²) in [4.78, 5) is 9.05. The molecule has 0 aliphatic heterocycles. The van der Waals surface area contributed by atoms with Crippen molar-refractivity contribution in [1.29, 1.82) is 0 Å². The molecule has 0 spiro atoms. The first-order chi connectivity index (χ1) is 8.19. The molecule has 94 valence electrons. The highest BCUT2D eigenvalue weighted by atomic mass is 15.1. The van der Waals surface area contributed by atoms with Crippen LogP contribution >= 0.6 is 0 Å². The van der Waals surface area contributed by atoms with Gasteiger partial charge in [0.15, 0.2) is 0 Å². The minimum absolute atomic E-state index is 0.354. The highest BCUT2D eigenvalue weighted by molar-refractivity contribution is 5.48. The fourth-order valence-electron chi connectivity index (χ4n) is 2.21. The predicted molar refractivity (Wildman–Crippen MR) is 71.5 cm³/mol. The van der Waals surface area contributed by atoms with Crippen LogP contribution in [0.2, 0.25) is 0 Å². The largest absolute Gasteiger partial charge is 0.373 e. The van der Waals surface area contributed by atoms with Crippen LogP contribution in [-0.4, -0.2) is 23.1 Å². The first kappa shape index (κ1) is 12.1. The zero-order valence-corrected chi connectivity index (χ0v) is 11.0. The standard InChI is InChI=1S/C13H22N4/c1-9(2)13-16-11(14-3)8-12(17-13)15-10-6-4-5-7-10/h8-10H,4-7H2,1-3H3,(H2,14,15,16,17). The summed E-state index contributed by atoms with van der Waals surface area (Å²) in [6, 6.07) is 2.58. The van der Waals surface area contributed by atoms with Crippen molar-refractivity contribution in [3.05, 3.63) is 11.9 Å². The Labute approximate surface area is 103 Å². The van der Waals surface area contributed by atoms with Crippen LogP contribution in [-0.2, 0) is 0 Å². The van der Waals surface area contributed by atoms with Crippen LogP contribution in [0.1, 0.15) is 51.3 Å². The van der Waals surface area contributed by atoms with Crippen LogP contribution in [0.25, 0.3) is 0 Å². The minimum atomic E-state index is 0.354. The number of nitrogens with zero attached hydrogens (tertiary/aromatic N) is 2. The summed E-state index contributed by atoms with van der Waals surface area (Å²) in [5.41, 5.74) is 0. The van der Waals surface area contributed by atoms with E-state index in [1.165, 1.54) is 25.7 Å². The number of anilines is 2. The van der Waals surface area contributed by atoms with Gasteiger partial charge in [-0.3, -0.25) is 0 Å². The molecule has 1 aromatic heterocycles. The Morgan fingerprint density at radius 2 is 1.82 bits per heavy atom. The number of aromatic nitrogens is 2. The lowest BCUT2D eigenvalue weighted by Gasteiger charge is -2.15. The molecule has 0 atom stereocenters. The van der Waals surface area contributed by atoms with Gasteiger partial charge in [-0.05, 0) is 12.8 Å². The summed E-state index contributed by atoms with van der Waals surface area (Å²) in [5.74, 6) is 3.11. The first-order valence-electron chi connectivity index (χ1n) is 6.52. The van der Waals surface area contributed by atoms with Crippen LogP contribution in [0.5, 0.6) is 0 Å². The van der Waals surface area contributed by atoms with Crippen LogP contribution in [0, 0.1) is 0 Å². The average Bonchev–Trinajstić information content (AvgIpc) is 2.81. The lowest BCUT2D eigenvalue weighted by atomic mass is 10.2. The third-order valence-corrected chi connectivity index (χ3v) is 3.22. The molecule has 1 aromatic rings. The molecular formula is C13H22N4. The average molecular weight is 234 g/mol. The number of nitrogens with one attached hydrogen (secondary N) is 2. The lowest BCUT2D eigenvalue weighted by molar-refractivity contribution is 0.735. The van der Waals surface area contributed by atoms with Crippen molar-refractivity contribution in [3.8, 4) is 0 Å². The second-order valence-corrected chi connectivity index (χ2v) is 5.03. The van der Waals surface area contributed by atoms with Gasteiger partial charge in [0.05, 0.1) is 0 Å². The molecule has 4 nitrogen and oxygen atoms in total. The number of hydrogen-bond acceptors (Lipinski definition) is 4. The van der Waals surface area contributed by atoms with Crippen molar-refractivity contribution in [3.63, 3.8) is 0 Å². The topological polar surface area (TPSA) is 49.8 Å². The SMILES string of the molecule is CNc1cc(NC2CCCC2)nc(C(C)C)n1. The van der Waals surface area contributed by atoms with Crippen molar-refractivity contribution in [2.45, 2.75) is 51.5 Å². The normalized spacial score (nSPS) is 16.5. The van der Waals surface area contributed by atoms with E-state index in [4.69, 9.17) is 0 Å². The molecule has 1 fully saturated rings. The van der Waals surface area contributed by atoms with Crippen molar-refractivity contribution < 1.29 is 0 Å². The fourth-order valence-corrected chi connectivity index (χ4v) is 2.21. The van der Waals surface area contributed by atoms with Crippen molar-refractivity contribution in [2.75, 3.05) is 17.7 Å². The van der Waals surface area contributed by atoms with Gasteiger partial charge >= 0.3 is 0 Å². The molecular weight excluding hydrogens is 212 g/mol. The van der Waals surface area contributed by atoms with Gasteiger partial charge in [0.2, 0.25) is 0 Å². The quantitative estimate of drug-likeness (QED) is 0.841. The minimum Gasteiger partial charge on any atom is -0.373 e. The summed E-state index contributed by atoms with van der Waals surface area (Å²) in [7, 11) is 1.89. The van der Waals surface area contributed by atoms with Crippen molar-refractivity contribution in [1.82, 2.24) is 9.97 Å². The van der Waals surface area contributed by atoms with Gasteiger partial charge in [0, 0.05) is 25.1 Å². The molecule has 1 aliphatic carbocycles. The van der Waals surface area contributed by atoms with Gasteiger partial charge in [-0.25, -0.2) is 9.97 Å². The van der Waals surface area contributed by atoms with Gasteiger partial charge in [0.1, 0.15) is 17.5 Å². The third kappa shape index (κ3) is 3.08. The Hall–Kier alpha value is -1.32. The zero-order chi connectivity index (χ0) is 12.3. The fraction of sp³-hybridized carbons (Fsp3) is 0.692. The summed E-state index contributed by atoms with van der Waals surface area (Å²) < 4.78 is 0. The second kappa shape index (κ2) is 5.34. The van der Waals surface area contributed by atoms with E-state index in [2.05, 4.69) is 34.4 Å². The van der Waals surface area contributed by atoms with Crippen LogP contribution in [0.15, 0.2) is 6.07 Å².